The van der Waals surface area contributed by atoms with Gasteiger partial charge in [0.05, 0.1) is 11.4 Å². The molecule has 1 N–H and O–H groups in total. The van der Waals surface area contributed by atoms with Gasteiger partial charge >= 0.3 is 0 Å². The predicted octanol–water partition coefficient (Wildman–Crippen LogP) is 1.84. The zero-order chi connectivity index (χ0) is 13.0. The summed E-state index contributed by atoms with van der Waals surface area (Å²) in [7, 11) is 1.91. The van der Waals surface area contributed by atoms with E-state index in [2.05, 4.69) is 5.10 Å². The maximum atomic E-state index is 8.83. The van der Waals surface area contributed by atoms with Gasteiger partial charge in [-0.05, 0) is 37.1 Å². The van der Waals surface area contributed by atoms with Gasteiger partial charge in [-0.1, -0.05) is 12.1 Å². The summed E-state index contributed by atoms with van der Waals surface area (Å²) in [5, 5.41) is 13.1. The molecule has 0 saturated carbocycles. The van der Waals surface area contributed by atoms with Crippen LogP contribution in [0.5, 0.6) is 5.75 Å². The minimum Gasteiger partial charge on any atom is -0.487 e. The quantitative estimate of drug-likeness (QED) is 0.875. The first-order chi connectivity index (χ1) is 8.69. The average Bonchev–Trinajstić information content (AvgIpc) is 2.67. The third kappa shape index (κ3) is 3.11. The van der Waals surface area contributed by atoms with E-state index in [0.717, 1.165) is 22.7 Å². The fourth-order valence-electron chi connectivity index (χ4n) is 1.84. The lowest BCUT2D eigenvalue weighted by molar-refractivity contribution is 0.293. The zero-order valence-corrected chi connectivity index (χ0v) is 10.8. The molecule has 18 heavy (non-hydrogen) atoms. The number of hydrogen-bond acceptors (Lipinski definition) is 3. The number of aromatic nitrogens is 2. The van der Waals surface area contributed by atoms with Crippen LogP contribution in [0.1, 0.15) is 17.0 Å². The summed E-state index contributed by atoms with van der Waals surface area (Å²) in [6.07, 6.45) is 0.682. The Kier molecular flexibility index (Phi) is 3.99. The predicted molar refractivity (Wildman–Crippen MR) is 69.5 cm³/mol. The number of hydrogen-bond donors (Lipinski definition) is 1. The van der Waals surface area contributed by atoms with Crippen molar-refractivity contribution in [2.24, 2.45) is 7.05 Å². The third-order valence-corrected chi connectivity index (χ3v) is 2.81. The average molecular weight is 246 g/mol. The molecule has 0 unspecified atom stereocenters. The molecule has 0 radical (unpaired) electrons. The van der Waals surface area contributed by atoms with E-state index >= 15 is 0 Å². The molecule has 0 aliphatic carbocycles. The van der Waals surface area contributed by atoms with Crippen LogP contribution in [-0.4, -0.2) is 21.5 Å². The monoisotopic (exact) mass is 246 g/mol. The van der Waals surface area contributed by atoms with E-state index in [1.165, 1.54) is 0 Å². The standard InChI is InChI=1S/C14H18N2O2/c1-11-9-13(16(2)15-11)10-18-14-5-3-12(4-6-14)7-8-17/h3-6,9,17H,7-8,10H2,1-2H3. The van der Waals surface area contributed by atoms with Crippen LogP contribution in [-0.2, 0) is 20.1 Å². The van der Waals surface area contributed by atoms with Gasteiger partial charge in [-0.25, -0.2) is 0 Å². The number of rotatable bonds is 5. The van der Waals surface area contributed by atoms with Gasteiger partial charge in [0.1, 0.15) is 12.4 Å². The highest BCUT2D eigenvalue weighted by molar-refractivity contribution is 5.27. The van der Waals surface area contributed by atoms with E-state index in [1.54, 1.807) is 0 Å². The molecule has 0 bridgehead atoms. The SMILES string of the molecule is Cc1cc(COc2ccc(CCO)cc2)n(C)n1. The van der Waals surface area contributed by atoms with Crippen molar-refractivity contribution < 1.29 is 9.84 Å². The number of ether oxygens (including phenoxy) is 1. The molecule has 1 aromatic heterocycles. The topological polar surface area (TPSA) is 47.3 Å². The van der Waals surface area contributed by atoms with Crippen LogP contribution >= 0.6 is 0 Å². The Labute approximate surface area is 107 Å². The minimum absolute atomic E-state index is 0.175. The smallest absolute Gasteiger partial charge is 0.130 e. The Bertz CT molecular complexity index is 503. The van der Waals surface area contributed by atoms with Gasteiger partial charge in [-0.2, -0.15) is 5.10 Å². The Balaban J connectivity index is 1.95. The molecule has 0 atom stereocenters. The molecule has 0 fully saturated rings. The fraction of sp³-hybridized carbons (Fsp3) is 0.357. The van der Waals surface area contributed by atoms with E-state index in [1.807, 2.05) is 49.0 Å². The van der Waals surface area contributed by atoms with Crippen molar-refractivity contribution in [1.29, 1.82) is 0 Å². The maximum Gasteiger partial charge on any atom is 0.130 e. The summed E-state index contributed by atoms with van der Waals surface area (Å²) >= 11 is 0. The Morgan fingerprint density at radius 1 is 1.28 bits per heavy atom. The first-order valence-corrected chi connectivity index (χ1v) is 6.01. The highest BCUT2D eigenvalue weighted by atomic mass is 16.5. The lowest BCUT2D eigenvalue weighted by Crippen LogP contribution is -2.03. The third-order valence-electron chi connectivity index (χ3n) is 2.81. The molecule has 1 aromatic carbocycles. The fourth-order valence-corrected chi connectivity index (χ4v) is 1.84. The molecule has 4 heteroatoms. The molecule has 1 heterocycles. The highest BCUT2D eigenvalue weighted by Crippen LogP contribution is 2.14. The lowest BCUT2D eigenvalue weighted by Gasteiger charge is -2.07. The molecule has 0 aliphatic rings. The summed E-state index contributed by atoms with van der Waals surface area (Å²) in [5.41, 5.74) is 3.16. The first kappa shape index (κ1) is 12.6. The normalized spacial score (nSPS) is 10.6. The molecule has 0 spiro atoms. The van der Waals surface area contributed by atoms with E-state index in [9.17, 15) is 0 Å². The summed E-state index contributed by atoms with van der Waals surface area (Å²) in [4.78, 5) is 0. The van der Waals surface area contributed by atoms with Crippen molar-refractivity contribution in [3.8, 4) is 5.75 Å². The molecule has 0 amide bonds. The van der Waals surface area contributed by atoms with Gasteiger partial charge in [0.2, 0.25) is 0 Å². The van der Waals surface area contributed by atoms with Gasteiger partial charge in [0.25, 0.3) is 0 Å². The summed E-state index contributed by atoms with van der Waals surface area (Å²) < 4.78 is 7.52. The second-order valence-corrected chi connectivity index (χ2v) is 4.31. The Hall–Kier alpha value is -1.81. The number of aryl methyl sites for hydroxylation is 2. The van der Waals surface area contributed by atoms with Gasteiger partial charge in [-0.15, -0.1) is 0 Å². The van der Waals surface area contributed by atoms with Gasteiger partial charge in [0.15, 0.2) is 0 Å². The summed E-state index contributed by atoms with van der Waals surface area (Å²) in [5.74, 6) is 0.829. The molecular formula is C14H18N2O2. The van der Waals surface area contributed by atoms with Gasteiger partial charge in [0, 0.05) is 13.7 Å². The molecule has 0 saturated heterocycles. The Morgan fingerprint density at radius 2 is 2.00 bits per heavy atom. The van der Waals surface area contributed by atoms with Crippen LogP contribution < -0.4 is 4.74 Å². The zero-order valence-electron chi connectivity index (χ0n) is 10.8. The van der Waals surface area contributed by atoms with Crippen molar-refractivity contribution in [3.63, 3.8) is 0 Å². The minimum atomic E-state index is 0.175. The van der Waals surface area contributed by atoms with Crippen LogP contribution in [0.4, 0.5) is 0 Å². The molecule has 4 nitrogen and oxygen atoms in total. The molecule has 2 rings (SSSR count). The van der Waals surface area contributed by atoms with Crippen molar-refractivity contribution in [2.45, 2.75) is 20.0 Å². The second kappa shape index (κ2) is 5.69. The van der Waals surface area contributed by atoms with Crippen LogP contribution in [0, 0.1) is 6.92 Å². The first-order valence-electron chi connectivity index (χ1n) is 6.01. The van der Waals surface area contributed by atoms with E-state index in [0.29, 0.717) is 13.0 Å². The lowest BCUT2D eigenvalue weighted by atomic mass is 10.1. The van der Waals surface area contributed by atoms with Gasteiger partial charge in [-0.3, -0.25) is 4.68 Å². The second-order valence-electron chi connectivity index (χ2n) is 4.31. The van der Waals surface area contributed by atoms with Crippen molar-refractivity contribution in [1.82, 2.24) is 9.78 Å². The summed E-state index contributed by atoms with van der Waals surface area (Å²) in [6.45, 7) is 2.65. The van der Waals surface area contributed by atoms with E-state index in [4.69, 9.17) is 9.84 Å². The van der Waals surface area contributed by atoms with Crippen molar-refractivity contribution >= 4 is 0 Å². The van der Waals surface area contributed by atoms with Crippen molar-refractivity contribution in [2.75, 3.05) is 6.61 Å². The van der Waals surface area contributed by atoms with Gasteiger partial charge < -0.3 is 9.84 Å². The Morgan fingerprint density at radius 3 is 2.56 bits per heavy atom. The molecular weight excluding hydrogens is 228 g/mol. The van der Waals surface area contributed by atoms with Crippen LogP contribution in [0.2, 0.25) is 0 Å². The largest absolute Gasteiger partial charge is 0.487 e. The maximum absolute atomic E-state index is 8.83. The van der Waals surface area contributed by atoms with Crippen LogP contribution in [0.3, 0.4) is 0 Å². The number of aliphatic hydroxyl groups excluding tert-OH is 1. The molecule has 2 aromatic rings. The highest BCUT2D eigenvalue weighted by Gasteiger charge is 2.03. The number of nitrogens with zero attached hydrogens (tertiary/aromatic N) is 2. The van der Waals surface area contributed by atoms with Crippen LogP contribution in [0.15, 0.2) is 30.3 Å². The van der Waals surface area contributed by atoms with E-state index < -0.39 is 0 Å². The summed E-state index contributed by atoms with van der Waals surface area (Å²) in [6, 6.07) is 9.81. The van der Waals surface area contributed by atoms with Crippen LogP contribution in [0.25, 0.3) is 0 Å². The van der Waals surface area contributed by atoms with Crippen molar-refractivity contribution in [3.05, 3.63) is 47.3 Å². The molecule has 96 valence electrons. The number of aliphatic hydroxyl groups is 1. The molecule has 0 aliphatic heterocycles. The number of benzene rings is 1. The van der Waals surface area contributed by atoms with E-state index in [-0.39, 0.29) is 6.61 Å².